The molecule has 0 spiro atoms. The molecule has 0 radical (unpaired) electrons. The second-order valence-electron chi connectivity index (χ2n) is 4.15. The third-order valence-electron chi connectivity index (χ3n) is 2.52. The number of hydrogen-bond acceptors (Lipinski definition) is 4. The first kappa shape index (κ1) is 15.0. The Morgan fingerprint density at radius 1 is 1.05 bits per heavy atom. The molecule has 0 heterocycles. The molecule has 2 rings (SSSR count). The van der Waals surface area contributed by atoms with Crippen LogP contribution in [-0.4, -0.2) is 14.7 Å². The van der Waals surface area contributed by atoms with Gasteiger partial charge in [0.2, 0.25) is 0 Å². The zero-order valence-corrected chi connectivity index (χ0v) is 12.8. The summed E-state index contributed by atoms with van der Waals surface area (Å²) in [4.78, 5) is 0.125. The topological polar surface area (TPSA) is 69.4 Å². The van der Waals surface area contributed by atoms with Crippen LogP contribution in [0.1, 0.15) is 0 Å². The van der Waals surface area contributed by atoms with Gasteiger partial charge in [-0.1, -0.05) is 23.2 Å². The van der Waals surface area contributed by atoms with Gasteiger partial charge in [-0.15, -0.1) is 0 Å². The van der Waals surface area contributed by atoms with E-state index < -0.39 is 9.84 Å². The highest BCUT2D eigenvalue weighted by molar-refractivity contribution is 7.90. The predicted octanol–water partition coefficient (Wildman–Crippen LogP) is 3.77. The molecule has 20 heavy (non-hydrogen) atoms. The summed E-state index contributed by atoms with van der Waals surface area (Å²) in [5.41, 5.74) is 5.99. The molecule has 4 nitrogen and oxygen atoms in total. The molecule has 0 aliphatic carbocycles. The molecule has 0 unspecified atom stereocenters. The van der Waals surface area contributed by atoms with Crippen LogP contribution in [0.25, 0.3) is 0 Å². The molecule has 0 aromatic heterocycles. The molecule has 7 heteroatoms. The Kier molecular flexibility index (Phi) is 4.13. The molecule has 106 valence electrons. The molecule has 2 aromatic rings. The van der Waals surface area contributed by atoms with E-state index in [2.05, 4.69) is 0 Å². The van der Waals surface area contributed by atoms with Crippen molar-refractivity contribution in [2.45, 2.75) is 4.90 Å². The fraction of sp³-hybridized carbons (Fsp3) is 0.0769. The fourth-order valence-corrected chi connectivity index (χ4v) is 2.50. The fourth-order valence-electron chi connectivity index (χ4n) is 1.52. The lowest BCUT2D eigenvalue weighted by Gasteiger charge is -2.11. The van der Waals surface area contributed by atoms with Crippen molar-refractivity contribution < 1.29 is 13.2 Å². The largest absolute Gasteiger partial charge is 0.454 e. The summed E-state index contributed by atoms with van der Waals surface area (Å²) in [6, 6.07) is 9.01. The van der Waals surface area contributed by atoms with Gasteiger partial charge in [0.1, 0.15) is 11.5 Å². The van der Waals surface area contributed by atoms with Crippen LogP contribution in [0.3, 0.4) is 0 Å². The highest BCUT2D eigenvalue weighted by atomic mass is 35.5. The van der Waals surface area contributed by atoms with Crippen molar-refractivity contribution in [2.24, 2.45) is 0 Å². The SMILES string of the molecule is CS(=O)(=O)c1ccc(Oc2cc(Cl)ccc2Cl)c(N)c1. The first-order valence-electron chi connectivity index (χ1n) is 5.50. The Balaban J connectivity index is 2.38. The van der Waals surface area contributed by atoms with E-state index in [4.69, 9.17) is 33.7 Å². The van der Waals surface area contributed by atoms with Crippen molar-refractivity contribution >= 4 is 38.7 Å². The molecular weight excluding hydrogens is 321 g/mol. The Bertz CT molecular complexity index is 760. The molecule has 0 bridgehead atoms. The summed E-state index contributed by atoms with van der Waals surface area (Å²) in [6.07, 6.45) is 1.11. The number of hydrogen-bond donors (Lipinski definition) is 1. The third kappa shape index (κ3) is 3.36. The summed E-state index contributed by atoms with van der Waals surface area (Å²) in [7, 11) is -3.31. The average molecular weight is 332 g/mol. The second kappa shape index (κ2) is 5.52. The standard InChI is InChI=1S/C13H11Cl2NO3S/c1-20(17,18)9-3-5-12(11(16)7-9)19-13-6-8(14)2-4-10(13)15/h2-7H,16H2,1H3. The number of rotatable bonds is 3. The van der Waals surface area contributed by atoms with E-state index in [0.717, 1.165) is 6.26 Å². The smallest absolute Gasteiger partial charge is 0.175 e. The lowest BCUT2D eigenvalue weighted by molar-refractivity contribution is 0.485. The maximum Gasteiger partial charge on any atom is 0.175 e. The zero-order chi connectivity index (χ0) is 14.9. The third-order valence-corrected chi connectivity index (χ3v) is 4.18. The number of halogens is 2. The highest BCUT2D eigenvalue weighted by Crippen LogP contribution is 2.35. The van der Waals surface area contributed by atoms with Gasteiger partial charge in [0.05, 0.1) is 15.6 Å². The molecule has 0 fully saturated rings. The van der Waals surface area contributed by atoms with Crippen LogP contribution in [-0.2, 0) is 9.84 Å². The maximum atomic E-state index is 11.4. The van der Waals surface area contributed by atoms with Crippen LogP contribution in [0.5, 0.6) is 11.5 Å². The van der Waals surface area contributed by atoms with E-state index in [0.29, 0.717) is 21.5 Å². The number of ether oxygens (including phenoxy) is 1. The van der Waals surface area contributed by atoms with E-state index in [1.165, 1.54) is 18.2 Å². The minimum atomic E-state index is -3.31. The van der Waals surface area contributed by atoms with Crippen LogP contribution in [0.2, 0.25) is 10.0 Å². The van der Waals surface area contributed by atoms with Crippen molar-refractivity contribution in [3.05, 3.63) is 46.4 Å². The van der Waals surface area contributed by atoms with E-state index in [9.17, 15) is 8.42 Å². The Morgan fingerprint density at radius 2 is 1.75 bits per heavy atom. The van der Waals surface area contributed by atoms with Crippen LogP contribution in [0, 0.1) is 0 Å². The van der Waals surface area contributed by atoms with Gasteiger partial charge >= 0.3 is 0 Å². The van der Waals surface area contributed by atoms with E-state index >= 15 is 0 Å². The van der Waals surface area contributed by atoms with Crippen molar-refractivity contribution in [1.82, 2.24) is 0 Å². The van der Waals surface area contributed by atoms with Crippen LogP contribution < -0.4 is 10.5 Å². The van der Waals surface area contributed by atoms with E-state index in [1.807, 2.05) is 0 Å². The van der Waals surface area contributed by atoms with Crippen LogP contribution >= 0.6 is 23.2 Å². The van der Waals surface area contributed by atoms with Gasteiger partial charge in [-0.25, -0.2) is 8.42 Å². The van der Waals surface area contributed by atoms with Crippen LogP contribution in [0.15, 0.2) is 41.3 Å². The normalized spacial score (nSPS) is 11.3. The van der Waals surface area contributed by atoms with Crippen molar-refractivity contribution in [3.8, 4) is 11.5 Å². The molecule has 0 amide bonds. The minimum absolute atomic E-state index is 0.125. The van der Waals surface area contributed by atoms with Gasteiger partial charge in [0, 0.05) is 17.3 Å². The van der Waals surface area contributed by atoms with Gasteiger partial charge in [-0.3, -0.25) is 0 Å². The monoisotopic (exact) mass is 331 g/mol. The summed E-state index contributed by atoms with van der Waals surface area (Å²) < 4.78 is 28.4. The van der Waals surface area contributed by atoms with Gasteiger partial charge in [-0.05, 0) is 30.3 Å². The molecule has 0 atom stereocenters. The highest BCUT2D eigenvalue weighted by Gasteiger charge is 2.12. The zero-order valence-electron chi connectivity index (χ0n) is 10.4. The Hall–Kier alpha value is -1.43. The quantitative estimate of drug-likeness (QED) is 0.869. The van der Waals surface area contributed by atoms with Gasteiger partial charge in [0.15, 0.2) is 9.84 Å². The first-order chi connectivity index (χ1) is 9.27. The molecule has 0 saturated heterocycles. The molecule has 0 aliphatic heterocycles. The molecular formula is C13H11Cl2NO3S. The number of anilines is 1. The molecule has 0 aliphatic rings. The van der Waals surface area contributed by atoms with Crippen LogP contribution in [0.4, 0.5) is 5.69 Å². The maximum absolute atomic E-state index is 11.4. The Labute approximate surface area is 127 Å². The summed E-state index contributed by atoms with van der Waals surface area (Å²) in [6.45, 7) is 0. The summed E-state index contributed by atoms with van der Waals surface area (Å²) >= 11 is 11.8. The molecule has 2 N–H and O–H groups in total. The minimum Gasteiger partial charge on any atom is -0.454 e. The Morgan fingerprint density at radius 3 is 2.35 bits per heavy atom. The summed E-state index contributed by atoms with van der Waals surface area (Å²) in [5.74, 6) is 0.652. The van der Waals surface area contributed by atoms with Gasteiger partial charge in [-0.2, -0.15) is 0 Å². The first-order valence-corrected chi connectivity index (χ1v) is 8.14. The number of nitrogens with two attached hydrogens (primary N) is 1. The van der Waals surface area contributed by atoms with E-state index in [-0.39, 0.29) is 10.6 Å². The lowest BCUT2D eigenvalue weighted by atomic mass is 10.3. The molecule has 0 saturated carbocycles. The number of benzene rings is 2. The molecule has 2 aromatic carbocycles. The average Bonchev–Trinajstić information content (AvgIpc) is 2.35. The van der Waals surface area contributed by atoms with Crippen molar-refractivity contribution in [3.63, 3.8) is 0 Å². The number of nitrogen functional groups attached to an aromatic ring is 1. The van der Waals surface area contributed by atoms with Crippen molar-refractivity contribution in [1.29, 1.82) is 0 Å². The summed E-state index contributed by atoms with van der Waals surface area (Å²) in [5, 5.41) is 0.844. The lowest BCUT2D eigenvalue weighted by Crippen LogP contribution is -2.00. The van der Waals surface area contributed by atoms with Gasteiger partial charge in [0.25, 0.3) is 0 Å². The van der Waals surface area contributed by atoms with E-state index in [1.54, 1.807) is 18.2 Å². The van der Waals surface area contributed by atoms with Gasteiger partial charge < -0.3 is 10.5 Å². The number of sulfone groups is 1. The van der Waals surface area contributed by atoms with Crippen molar-refractivity contribution in [2.75, 3.05) is 12.0 Å². The second-order valence-corrected chi connectivity index (χ2v) is 7.01. The predicted molar refractivity (Wildman–Crippen MR) is 80.5 cm³/mol.